The topological polar surface area (TPSA) is 76.1 Å². The van der Waals surface area contributed by atoms with Gasteiger partial charge in [0, 0.05) is 18.3 Å². The molecule has 1 aromatic rings. The van der Waals surface area contributed by atoms with Gasteiger partial charge in [-0.05, 0) is 26.7 Å². The van der Waals surface area contributed by atoms with E-state index in [2.05, 4.69) is 20.6 Å². The van der Waals surface area contributed by atoms with Crippen molar-refractivity contribution in [1.29, 1.82) is 0 Å². The van der Waals surface area contributed by atoms with Crippen LogP contribution in [-0.4, -0.2) is 34.6 Å². The molecular formula is C12H18N4O2. The highest BCUT2D eigenvalue weighted by Crippen LogP contribution is 2.18. The number of amides is 1. The second-order valence-corrected chi connectivity index (χ2v) is 4.58. The highest BCUT2D eigenvalue weighted by atomic mass is 16.5. The highest BCUT2D eigenvalue weighted by Gasteiger charge is 2.22. The highest BCUT2D eigenvalue weighted by molar-refractivity contribution is 5.80. The number of aromatic nitrogens is 2. The maximum Gasteiger partial charge on any atom is 0.239 e. The molecule has 1 aliphatic rings. The van der Waals surface area contributed by atoms with Crippen LogP contribution in [0.2, 0.25) is 0 Å². The van der Waals surface area contributed by atoms with Crippen LogP contribution in [0, 0.1) is 0 Å². The summed E-state index contributed by atoms with van der Waals surface area (Å²) in [7, 11) is 0. The Hall–Kier alpha value is -1.85. The maximum atomic E-state index is 11.5. The van der Waals surface area contributed by atoms with Gasteiger partial charge in [-0.25, -0.2) is 4.98 Å². The standard InChI is InChI=1S/C12H18N4O2/c1-8(2)18-11-5-6-13-12(16-11)14-7-10(17)15-9-3-4-9/h5-6,8-9H,3-4,7H2,1-2H3,(H,15,17)(H,13,14,16). The average Bonchev–Trinajstić information content (AvgIpc) is 3.10. The first-order chi connectivity index (χ1) is 8.63. The molecule has 0 atom stereocenters. The molecular weight excluding hydrogens is 232 g/mol. The minimum absolute atomic E-state index is 0.0312. The average molecular weight is 250 g/mol. The van der Waals surface area contributed by atoms with E-state index in [9.17, 15) is 4.79 Å². The molecule has 1 amide bonds. The second kappa shape index (κ2) is 5.66. The Labute approximate surface area is 106 Å². The molecule has 1 saturated carbocycles. The van der Waals surface area contributed by atoms with Crippen molar-refractivity contribution in [3.8, 4) is 5.88 Å². The third-order valence-corrected chi connectivity index (χ3v) is 2.34. The Bertz CT molecular complexity index is 418. The molecule has 6 nitrogen and oxygen atoms in total. The van der Waals surface area contributed by atoms with Crippen molar-refractivity contribution in [3.05, 3.63) is 12.3 Å². The zero-order valence-corrected chi connectivity index (χ0v) is 10.6. The molecule has 1 aromatic heterocycles. The van der Waals surface area contributed by atoms with E-state index in [0.29, 0.717) is 17.9 Å². The van der Waals surface area contributed by atoms with Crippen molar-refractivity contribution in [3.63, 3.8) is 0 Å². The van der Waals surface area contributed by atoms with Gasteiger partial charge in [0.25, 0.3) is 0 Å². The monoisotopic (exact) mass is 250 g/mol. The molecule has 0 radical (unpaired) electrons. The number of ether oxygens (including phenoxy) is 1. The minimum atomic E-state index is -0.0312. The largest absolute Gasteiger partial charge is 0.475 e. The summed E-state index contributed by atoms with van der Waals surface area (Å²) in [6.07, 6.45) is 3.83. The number of hydrogen-bond acceptors (Lipinski definition) is 5. The number of carbonyl (C=O) groups excluding carboxylic acids is 1. The quantitative estimate of drug-likeness (QED) is 0.786. The Kier molecular flexibility index (Phi) is 3.96. The van der Waals surface area contributed by atoms with Gasteiger partial charge < -0.3 is 15.4 Å². The molecule has 6 heteroatoms. The van der Waals surface area contributed by atoms with Crippen LogP contribution in [0.4, 0.5) is 5.95 Å². The van der Waals surface area contributed by atoms with Gasteiger partial charge in [-0.15, -0.1) is 0 Å². The molecule has 0 aliphatic heterocycles. The summed E-state index contributed by atoms with van der Waals surface area (Å²) >= 11 is 0. The molecule has 1 fully saturated rings. The lowest BCUT2D eigenvalue weighted by molar-refractivity contribution is -0.119. The van der Waals surface area contributed by atoms with E-state index in [0.717, 1.165) is 12.8 Å². The Morgan fingerprint density at radius 2 is 2.33 bits per heavy atom. The van der Waals surface area contributed by atoms with E-state index in [-0.39, 0.29) is 18.6 Å². The zero-order valence-electron chi connectivity index (χ0n) is 10.6. The van der Waals surface area contributed by atoms with E-state index in [1.54, 1.807) is 12.3 Å². The molecule has 98 valence electrons. The summed E-state index contributed by atoms with van der Waals surface area (Å²) in [5.74, 6) is 0.875. The zero-order chi connectivity index (χ0) is 13.0. The number of anilines is 1. The van der Waals surface area contributed by atoms with Gasteiger partial charge in [0.1, 0.15) is 0 Å². The van der Waals surface area contributed by atoms with Gasteiger partial charge in [0.05, 0.1) is 12.6 Å². The number of nitrogens with zero attached hydrogens (tertiary/aromatic N) is 2. The Balaban J connectivity index is 1.82. The molecule has 18 heavy (non-hydrogen) atoms. The molecule has 0 spiro atoms. The van der Waals surface area contributed by atoms with Crippen molar-refractivity contribution in [2.75, 3.05) is 11.9 Å². The number of carbonyl (C=O) groups is 1. The SMILES string of the molecule is CC(C)Oc1ccnc(NCC(=O)NC2CC2)n1. The molecule has 1 aliphatic carbocycles. The van der Waals surface area contributed by atoms with Crippen LogP contribution in [0.25, 0.3) is 0 Å². The van der Waals surface area contributed by atoms with Crippen molar-refractivity contribution >= 4 is 11.9 Å². The van der Waals surface area contributed by atoms with Crippen molar-refractivity contribution < 1.29 is 9.53 Å². The van der Waals surface area contributed by atoms with Gasteiger partial charge in [-0.1, -0.05) is 0 Å². The fourth-order valence-corrected chi connectivity index (χ4v) is 1.40. The lowest BCUT2D eigenvalue weighted by Gasteiger charge is -2.10. The van der Waals surface area contributed by atoms with E-state index in [1.807, 2.05) is 13.8 Å². The van der Waals surface area contributed by atoms with Gasteiger partial charge in [0.2, 0.25) is 17.7 Å². The molecule has 0 saturated heterocycles. The fourth-order valence-electron chi connectivity index (χ4n) is 1.40. The fraction of sp³-hybridized carbons (Fsp3) is 0.583. The predicted octanol–water partition coefficient (Wildman–Crippen LogP) is 0.954. The molecule has 2 rings (SSSR count). The first-order valence-electron chi connectivity index (χ1n) is 6.16. The third kappa shape index (κ3) is 4.20. The van der Waals surface area contributed by atoms with Gasteiger partial charge in [-0.2, -0.15) is 4.98 Å². The van der Waals surface area contributed by atoms with Crippen LogP contribution >= 0.6 is 0 Å². The lowest BCUT2D eigenvalue weighted by Crippen LogP contribution is -2.31. The molecule has 0 bridgehead atoms. The van der Waals surface area contributed by atoms with E-state index >= 15 is 0 Å². The minimum Gasteiger partial charge on any atom is -0.475 e. The van der Waals surface area contributed by atoms with Crippen LogP contribution in [-0.2, 0) is 4.79 Å². The van der Waals surface area contributed by atoms with E-state index < -0.39 is 0 Å². The molecule has 0 aromatic carbocycles. The van der Waals surface area contributed by atoms with Gasteiger partial charge in [-0.3, -0.25) is 4.79 Å². The van der Waals surface area contributed by atoms with Crippen molar-refractivity contribution in [2.24, 2.45) is 0 Å². The van der Waals surface area contributed by atoms with Crippen LogP contribution < -0.4 is 15.4 Å². The number of rotatable bonds is 6. The molecule has 2 N–H and O–H groups in total. The summed E-state index contributed by atoms with van der Waals surface area (Å²) in [6.45, 7) is 4.04. The van der Waals surface area contributed by atoms with Crippen LogP contribution in [0.15, 0.2) is 12.3 Å². The summed E-state index contributed by atoms with van der Waals surface area (Å²) in [6, 6.07) is 2.06. The van der Waals surface area contributed by atoms with Gasteiger partial charge >= 0.3 is 0 Å². The first-order valence-corrected chi connectivity index (χ1v) is 6.16. The van der Waals surface area contributed by atoms with Crippen molar-refractivity contribution in [2.45, 2.75) is 38.8 Å². The summed E-state index contributed by atoms with van der Waals surface area (Å²) in [4.78, 5) is 19.7. The second-order valence-electron chi connectivity index (χ2n) is 4.58. The van der Waals surface area contributed by atoms with E-state index in [4.69, 9.17) is 4.74 Å². The van der Waals surface area contributed by atoms with Crippen LogP contribution in [0.1, 0.15) is 26.7 Å². The smallest absolute Gasteiger partial charge is 0.239 e. The number of nitrogens with one attached hydrogen (secondary N) is 2. The lowest BCUT2D eigenvalue weighted by atomic mass is 10.5. The third-order valence-electron chi connectivity index (χ3n) is 2.34. The maximum absolute atomic E-state index is 11.5. The summed E-state index contributed by atoms with van der Waals surface area (Å²) in [5.41, 5.74) is 0. The summed E-state index contributed by atoms with van der Waals surface area (Å²) in [5, 5.41) is 5.76. The molecule has 1 heterocycles. The van der Waals surface area contributed by atoms with Gasteiger partial charge in [0.15, 0.2) is 0 Å². The van der Waals surface area contributed by atoms with Crippen LogP contribution in [0.5, 0.6) is 5.88 Å². The Morgan fingerprint density at radius 3 is 3.00 bits per heavy atom. The molecule has 0 unspecified atom stereocenters. The summed E-state index contributed by atoms with van der Waals surface area (Å²) < 4.78 is 5.44. The number of hydrogen-bond donors (Lipinski definition) is 2. The first kappa shape index (κ1) is 12.6. The predicted molar refractivity (Wildman–Crippen MR) is 67.5 cm³/mol. The van der Waals surface area contributed by atoms with Crippen molar-refractivity contribution in [1.82, 2.24) is 15.3 Å². The van der Waals surface area contributed by atoms with Crippen LogP contribution in [0.3, 0.4) is 0 Å². The Morgan fingerprint density at radius 1 is 1.56 bits per heavy atom. The normalized spacial score (nSPS) is 14.4. The van der Waals surface area contributed by atoms with E-state index in [1.165, 1.54) is 0 Å².